The third-order valence-electron chi connectivity index (χ3n) is 3.26. The molecule has 1 aliphatic carbocycles. The maximum atomic E-state index is 12.1. The molecule has 0 saturated heterocycles. The molecular formula is C12H18N2O3S. The van der Waals surface area contributed by atoms with Crippen molar-refractivity contribution >= 4 is 15.7 Å². The smallest absolute Gasteiger partial charge is 0.240 e. The van der Waals surface area contributed by atoms with Gasteiger partial charge in [0.15, 0.2) is 0 Å². The fourth-order valence-corrected chi connectivity index (χ4v) is 3.34. The molecule has 1 aliphatic rings. The van der Waals surface area contributed by atoms with Gasteiger partial charge in [0.2, 0.25) is 10.0 Å². The Balaban J connectivity index is 2.17. The Hall–Kier alpha value is -1.27. The molecule has 1 aromatic carbocycles. The summed E-state index contributed by atoms with van der Waals surface area (Å²) in [5, 5.41) is 0. The van der Waals surface area contributed by atoms with Gasteiger partial charge in [0.05, 0.1) is 17.7 Å². The third-order valence-corrected chi connectivity index (χ3v) is 4.75. The second kappa shape index (κ2) is 4.78. The molecule has 0 aliphatic heterocycles. The summed E-state index contributed by atoms with van der Waals surface area (Å²) in [6.07, 6.45) is 1.92. The molecule has 1 aromatic rings. The highest BCUT2D eigenvalue weighted by atomic mass is 32.2. The number of hydrogen-bond donors (Lipinski definition) is 2. The minimum Gasteiger partial charge on any atom is -0.495 e. The zero-order valence-electron chi connectivity index (χ0n) is 10.5. The van der Waals surface area contributed by atoms with Gasteiger partial charge in [0.1, 0.15) is 5.75 Å². The standard InChI is InChI=1S/C12H18N2O3S/c1-3-8-6-11(8)14-18(15,16)9-4-5-12(17-2)10(13)7-9/h4-5,7-8,11,14H,3,6,13H2,1-2H3. The van der Waals surface area contributed by atoms with Crippen LogP contribution in [0.1, 0.15) is 19.8 Å². The number of sulfonamides is 1. The van der Waals surface area contributed by atoms with Crippen molar-refractivity contribution in [1.29, 1.82) is 0 Å². The molecule has 0 spiro atoms. The lowest BCUT2D eigenvalue weighted by atomic mass is 10.3. The SMILES string of the molecule is CCC1CC1NS(=O)(=O)c1ccc(OC)c(N)c1. The van der Waals surface area contributed by atoms with E-state index in [0.717, 1.165) is 12.8 Å². The molecule has 1 fully saturated rings. The Bertz CT molecular complexity index is 542. The highest BCUT2D eigenvalue weighted by Crippen LogP contribution is 2.34. The molecule has 3 N–H and O–H groups in total. The lowest BCUT2D eigenvalue weighted by Crippen LogP contribution is -2.27. The Labute approximate surface area is 107 Å². The molecule has 0 radical (unpaired) electrons. The Morgan fingerprint density at radius 3 is 2.72 bits per heavy atom. The number of hydrogen-bond acceptors (Lipinski definition) is 4. The summed E-state index contributed by atoms with van der Waals surface area (Å²) in [4.78, 5) is 0.183. The van der Waals surface area contributed by atoms with E-state index in [-0.39, 0.29) is 10.9 Å². The van der Waals surface area contributed by atoms with E-state index >= 15 is 0 Å². The van der Waals surface area contributed by atoms with Gasteiger partial charge < -0.3 is 10.5 Å². The van der Waals surface area contributed by atoms with Crippen molar-refractivity contribution in [3.05, 3.63) is 18.2 Å². The first-order valence-corrected chi connectivity index (χ1v) is 7.42. The number of rotatable bonds is 5. The van der Waals surface area contributed by atoms with Crippen molar-refractivity contribution in [3.8, 4) is 5.75 Å². The first kappa shape index (κ1) is 13.2. The molecule has 1 saturated carbocycles. The van der Waals surface area contributed by atoms with Crippen LogP contribution in [-0.2, 0) is 10.0 Å². The number of nitrogens with one attached hydrogen (secondary N) is 1. The summed E-state index contributed by atoms with van der Waals surface area (Å²) in [5.74, 6) is 0.946. The summed E-state index contributed by atoms with van der Waals surface area (Å²) in [7, 11) is -1.98. The molecule has 6 heteroatoms. The summed E-state index contributed by atoms with van der Waals surface area (Å²) in [5.41, 5.74) is 6.03. The molecule has 0 amide bonds. The molecule has 5 nitrogen and oxygen atoms in total. The van der Waals surface area contributed by atoms with Gasteiger partial charge in [-0.3, -0.25) is 0 Å². The third kappa shape index (κ3) is 2.59. The highest BCUT2D eigenvalue weighted by molar-refractivity contribution is 7.89. The zero-order chi connectivity index (χ0) is 13.3. The van der Waals surface area contributed by atoms with Crippen LogP contribution in [0.3, 0.4) is 0 Å². The molecule has 18 heavy (non-hydrogen) atoms. The van der Waals surface area contributed by atoms with Gasteiger partial charge in [-0.25, -0.2) is 13.1 Å². The summed E-state index contributed by atoms with van der Waals surface area (Å²) in [6.45, 7) is 2.06. The van der Waals surface area contributed by atoms with Crippen LogP contribution in [0.4, 0.5) is 5.69 Å². The van der Waals surface area contributed by atoms with Crippen molar-refractivity contribution in [2.24, 2.45) is 5.92 Å². The van der Waals surface area contributed by atoms with Crippen LogP contribution in [-0.4, -0.2) is 21.6 Å². The van der Waals surface area contributed by atoms with E-state index in [1.165, 1.54) is 19.2 Å². The van der Waals surface area contributed by atoms with Gasteiger partial charge in [0.25, 0.3) is 0 Å². The fraction of sp³-hybridized carbons (Fsp3) is 0.500. The lowest BCUT2D eigenvalue weighted by molar-refractivity contribution is 0.416. The maximum Gasteiger partial charge on any atom is 0.240 e. The van der Waals surface area contributed by atoms with Crippen LogP contribution < -0.4 is 15.2 Å². The second-order valence-electron chi connectivity index (χ2n) is 4.54. The molecule has 2 atom stereocenters. The molecule has 2 unspecified atom stereocenters. The summed E-state index contributed by atoms with van der Waals surface area (Å²) >= 11 is 0. The van der Waals surface area contributed by atoms with E-state index in [9.17, 15) is 8.42 Å². The van der Waals surface area contributed by atoms with Crippen molar-refractivity contribution in [1.82, 2.24) is 4.72 Å². The lowest BCUT2D eigenvalue weighted by Gasteiger charge is -2.09. The Morgan fingerprint density at radius 2 is 2.22 bits per heavy atom. The Kier molecular flexibility index (Phi) is 3.49. The van der Waals surface area contributed by atoms with Crippen LogP contribution in [0.15, 0.2) is 23.1 Å². The molecule has 100 valence electrons. The normalized spacial score (nSPS) is 22.8. The van der Waals surface area contributed by atoms with Gasteiger partial charge in [-0.15, -0.1) is 0 Å². The fourth-order valence-electron chi connectivity index (χ4n) is 1.99. The van der Waals surface area contributed by atoms with Crippen LogP contribution >= 0.6 is 0 Å². The maximum absolute atomic E-state index is 12.1. The minimum atomic E-state index is -3.47. The predicted octanol–water partition coefficient (Wildman–Crippen LogP) is 1.35. The number of anilines is 1. The second-order valence-corrected chi connectivity index (χ2v) is 6.25. The number of nitrogens with two attached hydrogens (primary N) is 1. The van der Waals surface area contributed by atoms with E-state index in [0.29, 0.717) is 17.4 Å². The number of ether oxygens (including phenoxy) is 1. The van der Waals surface area contributed by atoms with Crippen LogP contribution in [0.2, 0.25) is 0 Å². The van der Waals surface area contributed by atoms with E-state index in [1.54, 1.807) is 6.07 Å². The van der Waals surface area contributed by atoms with Crippen molar-refractivity contribution < 1.29 is 13.2 Å². The van der Waals surface area contributed by atoms with Crippen LogP contribution in [0, 0.1) is 5.92 Å². The largest absolute Gasteiger partial charge is 0.495 e. The van der Waals surface area contributed by atoms with Crippen LogP contribution in [0.5, 0.6) is 5.75 Å². The van der Waals surface area contributed by atoms with Crippen molar-refractivity contribution in [2.45, 2.75) is 30.7 Å². The predicted molar refractivity (Wildman–Crippen MR) is 69.9 cm³/mol. The van der Waals surface area contributed by atoms with Gasteiger partial charge in [-0.2, -0.15) is 0 Å². The molecule has 0 bridgehead atoms. The van der Waals surface area contributed by atoms with Gasteiger partial charge in [-0.05, 0) is 30.5 Å². The number of nitrogen functional groups attached to an aromatic ring is 1. The molecule has 0 aromatic heterocycles. The van der Waals surface area contributed by atoms with Gasteiger partial charge >= 0.3 is 0 Å². The topological polar surface area (TPSA) is 81.4 Å². The van der Waals surface area contributed by atoms with E-state index in [2.05, 4.69) is 11.6 Å². The average molecular weight is 270 g/mol. The molecule has 0 heterocycles. The van der Waals surface area contributed by atoms with E-state index < -0.39 is 10.0 Å². The molecular weight excluding hydrogens is 252 g/mol. The quantitative estimate of drug-likeness (QED) is 0.791. The van der Waals surface area contributed by atoms with E-state index in [1.807, 2.05) is 0 Å². The Morgan fingerprint density at radius 1 is 1.50 bits per heavy atom. The molecule has 2 rings (SSSR count). The van der Waals surface area contributed by atoms with Crippen molar-refractivity contribution in [2.75, 3.05) is 12.8 Å². The number of benzene rings is 1. The number of methoxy groups -OCH3 is 1. The zero-order valence-corrected chi connectivity index (χ0v) is 11.3. The summed E-state index contributed by atoms with van der Waals surface area (Å²) < 4.78 is 31.9. The first-order chi connectivity index (χ1) is 8.47. The van der Waals surface area contributed by atoms with Crippen LogP contribution in [0.25, 0.3) is 0 Å². The van der Waals surface area contributed by atoms with Gasteiger partial charge in [-0.1, -0.05) is 13.3 Å². The monoisotopic (exact) mass is 270 g/mol. The summed E-state index contributed by atoms with van der Waals surface area (Å²) in [6, 6.07) is 4.56. The van der Waals surface area contributed by atoms with Crippen molar-refractivity contribution in [3.63, 3.8) is 0 Å². The van der Waals surface area contributed by atoms with Gasteiger partial charge in [0, 0.05) is 6.04 Å². The van der Waals surface area contributed by atoms with E-state index in [4.69, 9.17) is 10.5 Å². The first-order valence-electron chi connectivity index (χ1n) is 5.93. The minimum absolute atomic E-state index is 0.0725. The average Bonchev–Trinajstić information content (AvgIpc) is 3.06. The highest BCUT2D eigenvalue weighted by Gasteiger charge is 2.38.